The third kappa shape index (κ3) is 4.82. The molecule has 36 heavy (non-hydrogen) atoms. The van der Waals surface area contributed by atoms with Crippen molar-refractivity contribution in [1.82, 2.24) is 9.47 Å². The number of carbonyl (C=O) groups excluding carboxylic acids is 1. The number of benzene rings is 3. The van der Waals surface area contributed by atoms with Crippen LogP contribution in [-0.4, -0.2) is 40.8 Å². The lowest BCUT2D eigenvalue weighted by molar-refractivity contribution is -0.122. The van der Waals surface area contributed by atoms with Crippen LogP contribution in [0.4, 0.5) is 5.69 Å². The lowest BCUT2D eigenvalue weighted by Gasteiger charge is -2.14. The summed E-state index contributed by atoms with van der Waals surface area (Å²) in [4.78, 5) is 20.4. The Labute approximate surface area is 214 Å². The summed E-state index contributed by atoms with van der Waals surface area (Å²) in [6, 6.07) is 27.6. The first-order chi connectivity index (χ1) is 17.7. The zero-order chi connectivity index (χ0) is 24.9. The monoisotopic (exact) mass is 492 g/mol. The molecule has 2 heterocycles. The van der Waals surface area contributed by atoms with Gasteiger partial charge in [-0.3, -0.25) is 9.69 Å². The van der Waals surface area contributed by atoms with Crippen molar-refractivity contribution in [3.63, 3.8) is 0 Å². The summed E-state index contributed by atoms with van der Waals surface area (Å²) in [6.45, 7) is 1.41. The molecule has 0 saturated carbocycles. The van der Waals surface area contributed by atoms with Crippen molar-refractivity contribution in [2.24, 2.45) is 4.99 Å². The molecule has 0 radical (unpaired) electrons. The minimum atomic E-state index is -0.0848. The zero-order valence-corrected chi connectivity index (χ0v) is 20.6. The molecule has 1 aliphatic rings. The Morgan fingerprint density at radius 2 is 1.78 bits per heavy atom. The molecule has 1 amide bonds. The number of aromatic nitrogens is 1. The molecule has 0 N–H and O–H groups in total. The van der Waals surface area contributed by atoms with Crippen LogP contribution in [0, 0.1) is 11.3 Å². The number of carbonyl (C=O) groups is 1. The number of nitrogens with zero attached hydrogens (tertiary/aromatic N) is 4. The molecule has 3 aromatic carbocycles. The van der Waals surface area contributed by atoms with E-state index in [4.69, 9.17) is 9.73 Å². The minimum Gasteiger partial charge on any atom is -0.383 e. The molecular weight excluding hydrogens is 468 g/mol. The summed E-state index contributed by atoms with van der Waals surface area (Å²) < 4.78 is 7.37. The van der Waals surface area contributed by atoms with Gasteiger partial charge in [-0.15, -0.1) is 0 Å². The Morgan fingerprint density at radius 1 is 1.03 bits per heavy atom. The third-order valence-electron chi connectivity index (χ3n) is 5.97. The second-order valence-corrected chi connectivity index (χ2v) is 9.30. The van der Waals surface area contributed by atoms with E-state index in [2.05, 4.69) is 22.8 Å². The van der Waals surface area contributed by atoms with Crippen LogP contribution < -0.4 is 0 Å². The van der Waals surface area contributed by atoms with Gasteiger partial charge in [0.05, 0.1) is 35.4 Å². The molecule has 0 unspecified atom stereocenters. The maximum absolute atomic E-state index is 13.4. The number of amides is 1. The predicted octanol–water partition coefficient (Wildman–Crippen LogP) is 5.81. The van der Waals surface area contributed by atoms with Crippen LogP contribution in [0.1, 0.15) is 16.7 Å². The molecule has 0 spiro atoms. The van der Waals surface area contributed by atoms with Gasteiger partial charge in [-0.2, -0.15) is 5.26 Å². The van der Waals surface area contributed by atoms with Crippen LogP contribution in [0.25, 0.3) is 17.0 Å². The normalized spacial score (nSPS) is 15.8. The number of thioether (sulfide) groups is 1. The number of methoxy groups -OCH3 is 1. The molecule has 1 aromatic heterocycles. The number of amidine groups is 1. The second-order valence-electron chi connectivity index (χ2n) is 8.29. The number of ether oxygens (including phenoxy) is 1. The SMILES string of the molecule is COCCN1C(=O)/C(=C/c2cn(Cc3ccccc3C#N)c3ccccc23)SC1=Nc1ccccc1. The summed E-state index contributed by atoms with van der Waals surface area (Å²) in [5, 5.41) is 11.2. The van der Waals surface area contributed by atoms with E-state index >= 15 is 0 Å². The van der Waals surface area contributed by atoms with Crippen LogP contribution in [0.15, 0.2) is 95.0 Å². The Morgan fingerprint density at radius 3 is 2.58 bits per heavy atom. The van der Waals surface area contributed by atoms with E-state index in [1.54, 1.807) is 12.0 Å². The smallest absolute Gasteiger partial charge is 0.266 e. The van der Waals surface area contributed by atoms with Crippen molar-refractivity contribution in [1.29, 1.82) is 5.26 Å². The van der Waals surface area contributed by atoms with Crippen molar-refractivity contribution in [2.75, 3.05) is 20.3 Å². The van der Waals surface area contributed by atoms with Gasteiger partial charge in [0.25, 0.3) is 5.91 Å². The van der Waals surface area contributed by atoms with Gasteiger partial charge in [-0.1, -0.05) is 54.6 Å². The Bertz CT molecular complexity index is 1520. The summed E-state index contributed by atoms with van der Waals surface area (Å²) in [5.74, 6) is -0.0848. The van der Waals surface area contributed by atoms with Gasteiger partial charge < -0.3 is 9.30 Å². The molecule has 1 fully saturated rings. The van der Waals surface area contributed by atoms with Gasteiger partial charge >= 0.3 is 0 Å². The lowest BCUT2D eigenvalue weighted by Crippen LogP contribution is -2.32. The summed E-state index contributed by atoms with van der Waals surface area (Å²) in [6.07, 6.45) is 3.99. The van der Waals surface area contributed by atoms with E-state index in [0.29, 0.717) is 35.3 Å². The fourth-order valence-electron chi connectivity index (χ4n) is 4.20. The first-order valence-corrected chi connectivity index (χ1v) is 12.4. The summed E-state index contributed by atoms with van der Waals surface area (Å²) >= 11 is 1.37. The number of hydrogen-bond donors (Lipinski definition) is 0. The van der Waals surface area contributed by atoms with Crippen molar-refractivity contribution >= 4 is 45.5 Å². The second kappa shape index (κ2) is 10.6. The molecule has 6 nitrogen and oxygen atoms in total. The van der Waals surface area contributed by atoms with E-state index in [1.807, 2.05) is 79.0 Å². The van der Waals surface area contributed by atoms with Crippen LogP contribution in [0.3, 0.4) is 0 Å². The minimum absolute atomic E-state index is 0.0848. The maximum Gasteiger partial charge on any atom is 0.266 e. The highest BCUT2D eigenvalue weighted by Crippen LogP contribution is 2.35. The van der Waals surface area contributed by atoms with Gasteiger partial charge in [0, 0.05) is 36.3 Å². The van der Waals surface area contributed by atoms with Crippen LogP contribution in [0.5, 0.6) is 0 Å². The largest absolute Gasteiger partial charge is 0.383 e. The molecule has 178 valence electrons. The fourth-order valence-corrected chi connectivity index (χ4v) is 5.21. The van der Waals surface area contributed by atoms with E-state index < -0.39 is 0 Å². The molecule has 1 saturated heterocycles. The average molecular weight is 493 g/mol. The zero-order valence-electron chi connectivity index (χ0n) is 19.8. The van der Waals surface area contributed by atoms with Crippen LogP contribution >= 0.6 is 11.8 Å². The Kier molecular flexibility index (Phi) is 6.99. The van der Waals surface area contributed by atoms with Gasteiger partial charge in [0.1, 0.15) is 0 Å². The summed E-state index contributed by atoms with van der Waals surface area (Å²) in [5.41, 5.74) is 4.40. The average Bonchev–Trinajstić information content (AvgIpc) is 3.40. The number of aliphatic imine (C=N–C) groups is 1. The number of para-hydroxylation sites is 2. The van der Waals surface area contributed by atoms with Crippen LogP contribution in [-0.2, 0) is 16.1 Å². The standard InChI is InChI=1S/C29H24N4O2S/c1-35-16-15-33-28(34)27(36-29(33)31-24-11-3-2-4-12-24)17-23-20-32(26-14-8-7-13-25(23)26)19-22-10-6-5-9-21(22)18-30/h2-14,17,20H,15-16,19H2,1H3/b27-17-,31-29?. The molecule has 0 bridgehead atoms. The van der Waals surface area contributed by atoms with Crippen molar-refractivity contribution in [3.8, 4) is 6.07 Å². The lowest BCUT2D eigenvalue weighted by atomic mass is 10.1. The van der Waals surface area contributed by atoms with Gasteiger partial charge in [-0.05, 0) is 47.7 Å². The number of fused-ring (bicyclic) bond motifs is 1. The molecule has 1 aliphatic heterocycles. The van der Waals surface area contributed by atoms with E-state index in [0.717, 1.165) is 27.7 Å². The quantitative estimate of drug-likeness (QED) is 0.305. The molecule has 5 rings (SSSR count). The molecule has 0 aliphatic carbocycles. The van der Waals surface area contributed by atoms with Gasteiger partial charge in [0.2, 0.25) is 0 Å². The topological polar surface area (TPSA) is 70.6 Å². The van der Waals surface area contributed by atoms with Gasteiger partial charge in [0.15, 0.2) is 5.17 Å². The maximum atomic E-state index is 13.4. The van der Waals surface area contributed by atoms with Gasteiger partial charge in [-0.25, -0.2) is 4.99 Å². The third-order valence-corrected chi connectivity index (χ3v) is 6.98. The van der Waals surface area contributed by atoms with Crippen molar-refractivity contribution in [3.05, 3.63) is 107 Å². The predicted molar refractivity (Wildman–Crippen MR) is 145 cm³/mol. The highest BCUT2D eigenvalue weighted by atomic mass is 32.2. The van der Waals surface area contributed by atoms with E-state index in [1.165, 1.54) is 11.8 Å². The highest BCUT2D eigenvalue weighted by Gasteiger charge is 2.33. The van der Waals surface area contributed by atoms with E-state index in [-0.39, 0.29) is 5.91 Å². The van der Waals surface area contributed by atoms with Crippen molar-refractivity contribution in [2.45, 2.75) is 6.54 Å². The first kappa shape index (κ1) is 23.6. The molecule has 7 heteroatoms. The van der Waals surface area contributed by atoms with Crippen LogP contribution in [0.2, 0.25) is 0 Å². The summed E-state index contributed by atoms with van der Waals surface area (Å²) in [7, 11) is 1.62. The Hall–Kier alpha value is -4.12. The van der Waals surface area contributed by atoms with E-state index in [9.17, 15) is 10.1 Å². The first-order valence-electron chi connectivity index (χ1n) is 11.6. The number of rotatable bonds is 7. The fraction of sp³-hybridized carbons (Fsp3) is 0.138. The number of nitriles is 1. The molecule has 4 aromatic rings. The van der Waals surface area contributed by atoms with Crippen molar-refractivity contribution < 1.29 is 9.53 Å². The highest BCUT2D eigenvalue weighted by molar-refractivity contribution is 8.18. The molecule has 0 atom stereocenters. The molecular formula is C29H24N4O2S. The Balaban J connectivity index is 1.53. The number of hydrogen-bond acceptors (Lipinski definition) is 5.